The van der Waals surface area contributed by atoms with Gasteiger partial charge in [-0.05, 0) is 41.5 Å². The van der Waals surface area contributed by atoms with Gasteiger partial charge in [-0.2, -0.15) is 5.10 Å². The molecule has 1 amide bonds. The van der Waals surface area contributed by atoms with Crippen molar-refractivity contribution in [1.29, 1.82) is 0 Å². The molecule has 0 saturated heterocycles. The van der Waals surface area contributed by atoms with E-state index in [2.05, 4.69) is 10.1 Å². The molecule has 0 N–H and O–H groups in total. The van der Waals surface area contributed by atoms with E-state index >= 15 is 0 Å². The highest BCUT2D eigenvalue weighted by Gasteiger charge is 2.29. The Bertz CT molecular complexity index is 1260. The fraction of sp³-hybridized carbons (Fsp3) is 0.136. The number of hydrogen-bond acceptors (Lipinski definition) is 3. The summed E-state index contributed by atoms with van der Waals surface area (Å²) in [6.07, 6.45) is 3.68. The first-order valence-electron chi connectivity index (χ1n) is 9.15. The zero-order valence-electron chi connectivity index (χ0n) is 15.6. The van der Waals surface area contributed by atoms with Crippen LogP contribution in [0.25, 0.3) is 22.0 Å². The van der Waals surface area contributed by atoms with Crippen LogP contribution in [0.1, 0.15) is 21.6 Å². The summed E-state index contributed by atoms with van der Waals surface area (Å²) < 4.78 is 1.79. The lowest BCUT2D eigenvalue weighted by molar-refractivity contribution is 0.0766. The lowest BCUT2D eigenvalue weighted by Crippen LogP contribution is -2.23. The molecule has 4 aromatic rings. The Morgan fingerprint density at radius 2 is 1.83 bits per heavy atom. The molecule has 2 aromatic carbocycles. The second-order valence-corrected chi connectivity index (χ2v) is 7.93. The van der Waals surface area contributed by atoms with Gasteiger partial charge < -0.3 is 4.90 Å². The molecule has 1 aliphatic rings. The van der Waals surface area contributed by atoms with Gasteiger partial charge in [-0.15, -0.1) is 0 Å². The number of hydrogen-bond donors (Lipinski definition) is 0. The molecule has 29 heavy (non-hydrogen) atoms. The lowest BCUT2D eigenvalue weighted by atomic mass is 10.0. The van der Waals surface area contributed by atoms with Crippen LogP contribution >= 0.6 is 23.2 Å². The number of amides is 1. The molecule has 5 nitrogen and oxygen atoms in total. The van der Waals surface area contributed by atoms with Crippen LogP contribution in [0.2, 0.25) is 10.0 Å². The van der Waals surface area contributed by atoms with Gasteiger partial charge in [0.25, 0.3) is 5.91 Å². The SMILES string of the molecule is Cn1cc2c(-c3cc(Cl)c(CN4Cc5ncccc5C4=O)c(Cl)c3)cccc2n1. The van der Waals surface area contributed by atoms with E-state index in [1.807, 2.05) is 43.6 Å². The van der Waals surface area contributed by atoms with Crippen molar-refractivity contribution >= 4 is 40.0 Å². The molecule has 7 heteroatoms. The van der Waals surface area contributed by atoms with Crippen LogP contribution in [0.15, 0.2) is 54.9 Å². The molecule has 0 unspecified atom stereocenters. The Morgan fingerprint density at radius 1 is 1.07 bits per heavy atom. The predicted octanol–water partition coefficient (Wildman–Crippen LogP) is 5.10. The largest absolute Gasteiger partial charge is 0.328 e. The first-order valence-corrected chi connectivity index (χ1v) is 9.90. The fourth-order valence-corrected chi connectivity index (χ4v) is 4.43. The number of fused-ring (bicyclic) bond motifs is 2. The molecule has 0 fully saturated rings. The zero-order chi connectivity index (χ0) is 20.1. The monoisotopic (exact) mass is 422 g/mol. The molecule has 0 radical (unpaired) electrons. The molecule has 0 bridgehead atoms. The standard InChI is InChI=1S/C22H16Cl2N4O/c1-27-10-16-14(4-2-6-20(16)26-27)13-8-18(23)17(19(24)9-13)11-28-12-21-15(22(28)29)5-3-7-25-21/h2-10H,11-12H2,1H3. The van der Waals surface area contributed by atoms with Gasteiger partial charge in [-0.3, -0.25) is 14.5 Å². The number of rotatable bonds is 3. The van der Waals surface area contributed by atoms with Gasteiger partial charge in [-0.1, -0.05) is 35.3 Å². The van der Waals surface area contributed by atoms with Crippen molar-refractivity contribution in [2.75, 3.05) is 0 Å². The Labute approximate surface area is 177 Å². The van der Waals surface area contributed by atoms with Crippen molar-refractivity contribution in [3.05, 3.63) is 81.7 Å². The van der Waals surface area contributed by atoms with Gasteiger partial charge in [0.1, 0.15) is 0 Å². The van der Waals surface area contributed by atoms with Gasteiger partial charge in [0.05, 0.1) is 23.3 Å². The molecule has 144 valence electrons. The van der Waals surface area contributed by atoms with Crippen LogP contribution < -0.4 is 0 Å². The lowest BCUT2D eigenvalue weighted by Gasteiger charge is -2.18. The van der Waals surface area contributed by atoms with E-state index in [0.717, 1.165) is 33.3 Å². The highest BCUT2D eigenvalue weighted by molar-refractivity contribution is 6.36. The van der Waals surface area contributed by atoms with Crippen molar-refractivity contribution in [2.45, 2.75) is 13.1 Å². The topological polar surface area (TPSA) is 51.0 Å². The van der Waals surface area contributed by atoms with Gasteiger partial charge in [0.15, 0.2) is 0 Å². The Kier molecular flexibility index (Phi) is 4.30. The van der Waals surface area contributed by atoms with Gasteiger partial charge in [-0.25, -0.2) is 0 Å². The van der Waals surface area contributed by atoms with Crippen LogP contribution in [0, 0.1) is 0 Å². The average Bonchev–Trinajstić information content (AvgIpc) is 3.23. The maximum absolute atomic E-state index is 12.7. The van der Waals surface area contributed by atoms with Gasteiger partial charge >= 0.3 is 0 Å². The summed E-state index contributed by atoms with van der Waals surface area (Å²) >= 11 is 13.2. The summed E-state index contributed by atoms with van der Waals surface area (Å²) in [5.74, 6) is -0.0514. The second-order valence-electron chi connectivity index (χ2n) is 7.12. The predicted molar refractivity (Wildman–Crippen MR) is 114 cm³/mol. The van der Waals surface area contributed by atoms with E-state index in [9.17, 15) is 4.79 Å². The van der Waals surface area contributed by atoms with Crippen molar-refractivity contribution in [2.24, 2.45) is 7.05 Å². The first-order chi connectivity index (χ1) is 14.0. The maximum atomic E-state index is 12.7. The number of aryl methyl sites for hydroxylation is 1. The second kappa shape index (κ2) is 6.87. The van der Waals surface area contributed by atoms with Crippen LogP contribution in [0.5, 0.6) is 0 Å². The first kappa shape index (κ1) is 18.2. The minimum absolute atomic E-state index is 0.0514. The summed E-state index contributed by atoms with van der Waals surface area (Å²) in [6.45, 7) is 0.794. The summed E-state index contributed by atoms with van der Waals surface area (Å²) in [5.41, 5.74) is 5.00. The quantitative estimate of drug-likeness (QED) is 0.461. The van der Waals surface area contributed by atoms with Crippen molar-refractivity contribution in [1.82, 2.24) is 19.7 Å². The molecular formula is C22H16Cl2N4O. The highest BCUT2D eigenvalue weighted by atomic mass is 35.5. The molecule has 0 atom stereocenters. The van der Waals surface area contributed by atoms with E-state index in [1.165, 1.54) is 0 Å². The minimum atomic E-state index is -0.0514. The summed E-state index contributed by atoms with van der Waals surface area (Å²) in [4.78, 5) is 18.7. The van der Waals surface area contributed by atoms with Crippen molar-refractivity contribution in [3.8, 4) is 11.1 Å². The van der Waals surface area contributed by atoms with Gasteiger partial charge in [0, 0.05) is 47.0 Å². The third-order valence-corrected chi connectivity index (χ3v) is 5.89. The number of carbonyl (C=O) groups is 1. The van der Waals surface area contributed by atoms with Crippen LogP contribution in [-0.2, 0) is 20.1 Å². The highest BCUT2D eigenvalue weighted by Crippen LogP contribution is 2.36. The number of nitrogens with zero attached hydrogens (tertiary/aromatic N) is 4. The summed E-state index contributed by atoms with van der Waals surface area (Å²) in [5, 5.41) is 6.56. The smallest absolute Gasteiger partial charge is 0.256 e. The van der Waals surface area contributed by atoms with Gasteiger partial charge in [0.2, 0.25) is 0 Å². The van der Waals surface area contributed by atoms with E-state index in [-0.39, 0.29) is 5.91 Å². The van der Waals surface area contributed by atoms with E-state index < -0.39 is 0 Å². The Hall–Kier alpha value is -2.89. The molecular weight excluding hydrogens is 407 g/mol. The minimum Gasteiger partial charge on any atom is -0.328 e. The molecule has 2 aromatic heterocycles. The summed E-state index contributed by atoms with van der Waals surface area (Å²) in [6, 6.07) is 13.3. The fourth-order valence-electron chi connectivity index (χ4n) is 3.82. The molecule has 3 heterocycles. The van der Waals surface area contributed by atoms with Crippen molar-refractivity contribution in [3.63, 3.8) is 0 Å². The molecule has 0 saturated carbocycles. The number of aromatic nitrogens is 3. The third kappa shape index (κ3) is 3.07. The average molecular weight is 423 g/mol. The molecule has 5 rings (SSSR count). The van der Waals surface area contributed by atoms with E-state index in [4.69, 9.17) is 23.2 Å². The number of benzene rings is 2. The zero-order valence-corrected chi connectivity index (χ0v) is 17.1. The third-order valence-electron chi connectivity index (χ3n) is 5.21. The maximum Gasteiger partial charge on any atom is 0.256 e. The molecule has 1 aliphatic heterocycles. The summed E-state index contributed by atoms with van der Waals surface area (Å²) in [7, 11) is 1.90. The number of pyridine rings is 1. The Morgan fingerprint density at radius 3 is 2.59 bits per heavy atom. The van der Waals surface area contributed by atoms with E-state index in [1.54, 1.807) is 27.9 Å². The molecule has 0 aliphatic carbocycles. The van der Waals surface area contributed by atoms with Crippen LogP contribution in [-0.4, -0.2) is 25.6 Å². The number of carbonyl (C=O) groups excluding carboxylic acids is 1. The van der Waals surface area contributed by atoms with Crippen LogP contribution in [0.3, 0.4) is 0 Å². The normalized spacial score (nSPS) is 13.3. The molecule has 0 spiro atoms. The Balaban J connectivity index is 1.50. The van der Waals surface area contributed by atoms with Crippen LogP contribution in [0.4, 0.5) is 0 Å². The van der Waals surface area contributed by atoms with E-state index in [0.29, 0.717) is 28.7 Å². The number of halogens is 2. The van der Waals surface area contributed by atoms with Crippen molar-refractivity contribution < 1.29 is 4.79 Å².